The van der Waals surface area contributed by atoms with Crippen LogP contribution in [0.2, 0.25) is 0 Å². The summed E-state index contributed by atoms with van der Waals surface area (Å²) < 4.78 is 13.1. The van der Waals surface area contributed by atoms with Gasteiger partial charge in [-0.15, -0.1) is 11.3 Å². The van der Waals surface area contributed by atoms with Crippen LogP contribution in [0.3, 0.4) is 0 Å². The molecule has 0 saturated carbocycles. The number of anilines is 1. The van der Waals surface area contributed by atoms with E-state index < -0.39 is 0 Å². The van der Waals surface area contributed by atoms with E-state index in [1.807, 2.05) is 55.4 Å². The molecule has 0 aliphatic carbocycles. The number of thiophene rings is 1. The fraction of sp³-hybridized carbons (Fsp3) is 0.190. The van der Waals surface area contributed by atoms with Crippen LogP contribution in [-0.2, 0) is 6.54 Å². The van der Waals surface area contributed by atoms with E-state index in [2.05, 4.69) is 0 Å². The van der Waals surface area contributed by atoms with E-state index in [1.54, 1.807) is 24.1 Å². The van der Waals surface area contributed by atoms with E-state index in [4.69, 9.17) is 0 Å². The number of hydrogen-bond acceptors (Lipinski definition) is 3. The van der Waals surface area contributed by atoms with Gasteiger partial charge in [0, 0.05) is 38.3 Å². The normalized spacial score (nSPS) is 10.6. The summed E-state index contributed by atoms with van der Waals surface area (Å²) in [4.78, 5) is 18.1. The molecule has 0 unspecified atom stereocenters. The maximum absolute atomic E-state index is 13.1. The number of benzene rings is 2. The number of carbonyl (C=O) groups excluding carboxylic acids is 1. The van der Waals surface area contributed by atoms with Crippen molar-refractivity contribution in [3.8, 4) is 10.4 Å². The third-order valence-corrected chi connectivity index (χ3v) is 5.29. The lowest BCUT2D eigenvalue weighted by Gasteiger charge is -2.17. The lowest BCUT2D eigenvalue weighted by atomic mass is 10.2. The molecular weight excluding hydrogens is 347 g/mol. The average Bonchev–Trinajstić information content (AvgIpc) is 3.12. The molecule has 0 atom stereocenters. The van der Waals surface area contributed by atoms with Crippen molar-refractivity contribution in [1.29, 1.82) is 0 Å². The van der Waals surface area contributed by atoms with Crippen LogP contribution in [0.15, 0.2) is 60.7 Å². The fourth-order valence-corrected chi connectivity index (χ4v) is 3.66. The van der Waals surface area contributed by atoms with Crippen molar-refractivity contribution >= 4 is 22.9 Å². The number of amides is 1. The van der Waals surface area contributed by atoms with Gasteiger partial charge in [0.25, 0.3) is 5.91 Å². The Kier molecular flexibility index (Phi) is 5.38. The topological polar surface area (TPSA) is 23.6 Å². The van der Waals surface area contributed by atoms with E-state index in [0.717, 1.165) is 21.7 Å². The van der Waals surface area contributed by atoms with Crippen molar-refractivity contribution in [2.75, 3.05) is 26.0 Å². The molecule has 2 aromatic carbocycles. The van der Waals surface area contributed by atoms with Gasteiger partial charge in [-0.3, -0.25) is 4.79 Å². The third-order valence-electron chi connectivity index (χ3n) is 4.16. The number of halogens is 1. The van der Waals surface area contributed by atoms with Crippen LogP contribution in [0.25, 0.3) is 10.4 Å². The van der Waals surface area contributed by atoms with E-state index in [-0.39, 0.29) is 11.7 Å². The molecule has 1 aromatic heterocycles. The zero-order valence-corrected chi connectivity index (χ0v) is 15.9. The van der Waals surface area contributed by atoms with Gasteiger partial charge < -0.3 is 9.80 Å². The molecule has 3 aromatic rings. The maximum atomic E-state index is 13.1. The summed E-state index contributed by atoms with van der Waals surface area (Å²) in [5, 5.41) is 0. The molecule has 0 spiro atoms. The predicted molar refractivity (Wildman–Crippen MR) is 106 cm³/mol. The second kappa shape index (κ2) is 7.70. The second-order valence-corrected chi connectivity index (χ2v) is 7.48. The molecule has 3 nitrogen and oxygen atoms in total. The molecule has 0 aliphatic rings. The Balaban J connectivity index is 1.69. The lowest BCUT2D eigenvalue weighted by Crippen LogP contribution is -2.25. The average molecular weight is 368 g/mol. The van der Waals surface area contributed by atoms with Crippen LogP contribution in [0.4, 0.5) is 10.1 Å². The highest BCUT2D eigenvalue weighted by molar-refractivity contribution is 7.17. The largest absolute Gasteiger partial charge is 0.378 e. The summed E-state index contributed by atoms with van der Waals surface area (Å²) in [6.45, 7) is 0.552. The molecule has 26 heavy (non-hydrogen) atoms. The van der Waals surface area contributed by atoms with Crippen LogP contribution in [0.1, 0.15) is 15.2 Å². The Morgan fingerprint density at radius 3 is 2.19 bits per heavy atom. The highest BCUT2D eigenvalue weighted by Crippen LogP contribution is 2.29. The van der Waals surface area contributed by atoms with Crippen molar-refractivity contribution in [1.82, 2.24) is 4.90 Å². The lowest BCUT2D eigenvalue weighted by molar-refractivity contribution is 0.0790. The first-order valence-electron chi connectivity index (χ1n) is 8.31. The Bertz CT molecular complexity index is 885. The quantitative estimate of drug-likeness (QED) is 0.640. The minimum absolute atomic E-state index is 0.0138. The molecule has 0 radical (unpaired) electrons. The second-order valence-electron chi connectivity index (χ2n) is 6.39. The van der Waals surface area contributed by atoms with Crippen molar-refractivity contribution in [3.05, 3.63) is 76.9 Å². The van der Waals surface area contributed by atoms with E-state index in [9.17, 15) is 9.18 Å². The van der Waals surface area contributed by atoms with Crippen LogP contribution in [-0.4, -0.2) is 32.0 Å². The minimum Gasteiger partial charge on any atom is -0.378 e. The van der Waals surface area contributed by atoms with Crippen molar-refractivity contribution in [3.63, 3.8) is 0 Å². The molecule has 1 heterocycles. The Morgan fingerprint density at radius 2 is 1.58 bits per heavy atom. The molecule has 1 amide bonds. The van der Waals surface area contributed by atoms with E-state index in [0.29, 0.717) is 11.4 Å². The fourth-order valence-electron chi connectivity index (χ4n) is 2.66. The molecule has 0 bridgehead atoms. The van der Waals surface area contributed by atoms with Crippen molar-refractivity contribution in [2.45, 2.75) is 6.54 Å². The third kappa shape index (κ3) is 4.11. The van der Waals surface area contributed by atoms with Gasteiger partial charge in [-0.25, -0.2) is 4.39 Å². The molecule has 3 rings (SSSR count). The summed E-state index contributed by atoms with van der Waals surface area (Å²) in [7, 11) is 5.81. The molecule has 0 saturated heterocycles. The summed E-state index contributed by atoms with van der Waals surface area (Å²) >= 11 is 1.42. The standard InChI is InChI=1S/C21H21FN2OS/c1-23(2)18-10-4-15(5-11-18)14-24(3)21(25)20-13-12-19(26-20)16-6-8-17(22)9-7-16/h4-13H,14H2,1-3H3. The van der Waals surface area contributed by atoms with Crippen molar-refractivity contribution < 1.29 is 9.18 Å². The SMILES string of the molecule is CN(Cc1ccc(N(C)C)cc1)C(=O)c1ccc(-c2ccc(F)cc2)s1. The van der Waals surface area contributed by atoms with Gasteiger partial charge in [-0.05, 0) is 47.5 Å². The molecule has 0 aliphatic heterocycles. The number of hydrogen-bond donors (Lipinski definition) is 0. The van der Waals surface area contributed by atoms with Gasteiger partial charge in [-0.2, -0.15) is 0 Å². The Hall–Kier alpha value is -2.66. The smallest absolute Gasteiger partial charge is 0.263 e. The molecule has 0 N–H and O–H groups in total. The summed E-state index contributed by atoms with van der Waals surface area (Å²) in [6, 6.07) is 18.2. The summed E-state index contributed by atoms with van der Waals surface area (Å²) in [5.41, 5.74) is 3.13. The summed E-state index contributed by atoms with van der Waals surface area (Å²) in [5.74, 6) is -0.276. The number of carbonyl (C=O) groups is 1. The first kappa shape index (κ1) is 18.1. The van der Waals surface area contributed by atoms with Gasteiger partial charge in [0.05, 0.1) is 4.88 Å². The first-order chi connectivity index (χ1) is 12.4. The van der Waals surface area contributed by atoms with Crippen LogP contribution >= 0.6 is 11.3 Å². The minimum atomic E-state index is -0.262. The zero-order valence-electron chi connectivity index (χ0n) is 15.1. The van der Waals surface area contributed by atoms with Crippen LogP contribution in [0, 0.1) is 5.82 Å². The van der Waals surface area contributed by atoms with Gasteiger partial charge in [0.1, 0.15) is 5.82 Å². The van der Waals surface area contributed by atoms with Gasteiger partial charge in [0.15, 0.2) is 0 Å². The highest BCUT2D eigenvalue weighted by Gasteiger charge is 2.15. The Morgan fingerprint density at radius 1 is 0.923 bits per heavy atom. The van der Waals surface area contributed by atoms with E-state index in [1.165, 1.54) is 23.5 Å². The number of nitrogens with zero attached hydrogens (tertiary/aromatic N) is 2. The van der Waals surface area contributed by atoms with Gasteiger partial charge >= 0.3 is 0 Å². The Labute approximate surface area is 157 Å². The molecular formula is C21H21FN2OS. The van der Waals surface area contributed by atoms with Gasteiger partial charge in [-0.1, -0.05) is 24.3 Å². The summed E-state index contributed by atoms with van der Waals surface area (Å²) in [6.07, 6.45) is 0. The van der Waals surface area contributed by atoms with Crippen LogP contribution < -0.4 is 4.90 Å². The maximum Gasteiger partial charge on any atom is 0.263 e. The predicted octanol–water partition coefficient (Wildman–Crippen LogP) is 4.89. The highest BCUT2D eigenvalue weighted by atomic mass is 32.1. The molecule has 0 fully saturated rings. The zero-order chi connectivity index (χ0) is 18.7. The molecule has 5 heteroatoms. The van der Waals surface area contributed by atoms with Gasteiger partial charge in [0.2, 0.25) is 0 Å². The number of rotatable bonds is 5. The monoisotopic (exact) mass is 368 g/mol. The first-order valence-corrected chi connectivity index (χ1v) is 9.13. The van der Waals surface area contributed by atoms with Crippen LogP contribution in [0.5, 0.6) is 0 Å². The molecule has 134 valence electrons. The van der Waals surface area contributed by atoms with E-state index >= 15 is 0 Å². The van der Waals surface area contributed by atoms with Crippen molar-refractivity contribution in [2.24, 2.45) is 0 Å².